The topological polar surface area (TPSA) is 46.5 Å². The van der Waals surface area contributed by atoms with Gasteiger partial charge < -0.3 is 9.84 Å². The molecule has 3 atom stereocenters. The number of hydrogen-bond donors (Lipinski definition) is 1. The highest BCUT2D eigenvalue weighted by Gasteiger charge is 2.41. The van der Waals surface area contributed by atoms with E-state index in [-0.39, 0.29) is 0 Å². The Kier molecular flexibility index (Phi) is 2.71. The van der Waals surface area contributed by atoms with Crippen molar-refractivity contribution in [3.05, 3.63) is 0 Å². The molecule has 0 aromatic rings. The molecule has 1 rings (SSSR count). The van der Waals surface area contributed by atoms with E-state index in [1.54, 1.807) is 0 Å². The fourth-order valence-electron chi connectivity index (χ4n) is 0.735. The van der Waals surface area contributed by atoms with Gasteiger partial charge in [0, 0.05) is 5.33 Å². The number of halogens is 2. The number of cyclic esters (lactones) is 1. The summed E-state index contributed by atoms with van der Waals surface area (Å²) in [5.74, 6) is -0.392. The van der Waals surface area contributed by atoms with Crippen LogP contribution in [0.25, 0.3) is 0 Å². The van der Waals surface area contributed by atoms with Crippen LogP contribution in [0.4, 0.5) is 0 Å². The van der Waals surface area contributed by atoms with Gasteiger partial charge in [-0.25, -0.2) is 0 Å². The lowest BCUT2D eigenvalue weighted by molar-refractivity contribution is -0.140. The second-order valence-electron chi connectivity index (χ2n) is 2.02. The van der Waals surface area contributed by atoms with E-state index in [1.807, 2.05) is 0 Å². The molecule has 0 radical (unpaired) electrons. The van der Waals surface area contributed by atoms with Crippen LogP contribution in [0.3, 0.4) is 0 Å². The zero-order valence-electron chi connectivity index (χ0n) is 4.96. The number of esters is 1. The number of aliphatic hydroxyl groups is 1. The number of carbonyl (C=O) groups is 1. The van der Waals surface area contributed by atoms with E-state index >= 15 is 0 Å². The van der Waals surface area contributed by atoms with Crippen LogP contribution in [-0.2, 0) is 9.53 Å². The fraction of sp³-hybridized carbons (Fsp3) is 0.800. The minimum Gasteiger partial charge on any atom is -0.458 e. The van der Waals surface area contributed by atoms with E-state index in [9.17, 15) is 9.90 Å². The predicted octanol–water partition coefficient (Wildman–Crippen LogP) is 0.431. The number of alkyl halides is 2. The van der Waals surface area contributed by atoms with Gasteiger partial charge in [-0.2, -0.15) is 0 Å². The van der Waals surface area contributed by atoms with E-state index in [0.29, 0.717) is 5.33 Å². The zero-order chi connectivity index (χ0) is 7.72. The van der Waals surface area contributed by atoms with Gasteiger partial charge in [-0.1, -0.05) is 31.9 Å². The van der Waals surface area contributed by atoms with Gasteiger partial charge in [-0.15, -0.1) is 0 Å². The molecule has 0 amide bonds. The molecular weight excluding hydrogens is 268 g/mol. The Morgan fingerprint density at radius 2 is 2.30 bits per heavy atom. The Balaban J connectivity index is 2.61. The maximum atomic E-state index is 10.7. The van der Waals surface area contributed by atoms with E-state index in [1.165, 1.54) is 0 Å². The summed E-state index contributed by atoms with van der Waals surface area (Å²) in [6.07, 6.45) is -1.14. The van der Waals surface area contributed by atoms with Crippen molar-refractivity contribution in [2.24, 2.45) is 0 Å². The van der Waals surface area contributed by atoms with Crippen molar-refractivity contribution >= 4 is 37.8 Å². The van der Waals surface area contributed by atoms with Gasteiger partial charge in [-0.3, -0.25) is 4.79 Å². The second-order valence-corrected chi connectivity index (χ2v) is 3.66. The molecule has 10 heavy (non-hydrogen) atoms. The van der Waals surface area contributed by atoms with Gasteiger partial charge >= 0.3 is 5.97 Å². The van der Waals surface area contributed by atoms with Crippen molar-refractivity contribution in [1.82, 2.24) is 0 Å². The average Bonchev–Trinajstić information content (AvgIpc) is 2.17. The molecule has 3 unspecified atom stereocenters. The largest absolute Gasteiger partial charge is 0.458 e. The van der Waals surface area contributed by atoms with Crippen molar-refractivity contribution in [3.8, 4) is 0 Å². The number of ether oxygens (including phenoxy) is 1. The molecule has 1 heterocycles. The van der Waals surface area contributed by atoms with Gasteiger partial charge in [-0.05, 0) is 0 Å². The third kappa shape index (κ3) is 1.35. The van der Waals surface area contributed by atoms with Crippen LogP contribution in [-0.4, -0.2) is 33.4 Å². The van der Waals surface area contributed by atoms with Crippen LogP contribution in [0, 0.1) is 0 Å². The van der Waals surface area contributed by atoms with Gasteiger partial charge in [0.25, 0.3) is 0 Å². The molecule has 1 aliphatic rings. The van der Waals surface area contributed by atoms with Crippen LogP contribution >= 0.6 is 31.9 Å². The molecule has 58 valence electrons. The van der Waals surface area contributed by atoms with E-state index in [2.05, 4.69) is 31.9 Å². The van der Waals surface area contributed by atoms with Crippen LogP contribution in [0.1, 0.15) is 0 Å². The lowest BCUT2D eigenvalue weighted by atomic mass is 10.2. The molecule has 3 nitrogen and oxygen atoms in total. The second kappa shape index (κ2) is 3.19. The summed E-state index contributed by atoms with van der Waals surface area (Å²) in [6, 6.07) is 0. The molecule has 0 aromatic carbocycles. The molecular formula is C5H6Br2O3. The smallest absolute Gasteiger partial charge is 0.322 e. The number of hydrogen-bond acceptors (Lipinski definition) is 3. The first-order valence-electron chi connectivity index (χ1n) is 2.75. The number of rotatable bonds is 1. The monoisotopic (exact) mass is 272 g/mol. The normalized spacial score (nSPS) is 39.9. The Hall–Kier alpha value is 0.390. The van der Waals surface area contributed by atoms with Gasteiger partial charge in [0.05, 0.1) is 0 Å². The summed E-state index contributed by atoms with van der Waals surface area (Å²) < 4.78 is 4.75. The Morgan fingerprint density at radius 1 is 1.70 bits per heavy atom. The van der Waals surface area contributed by atoms with Crippen molar-refractivity contribution in [2.75, 3.05) is 5.33 Å². The standard InChI is InChI=1S/C5H6Br2O3/c6-1-2-4(8)3(7)5(9)10-2/h2-4,8H,1H2. The van der Waals surface area contributed by atoms with E-state index in [0.717, 1.165) is 0 Å². The van der Waals surface area contributed by atoms with Crippen LogP contribution in [0.5, 0.6) is 0 Å². The first-order chi connectivity index (χ1) is 4.66. The molecule has 0 spiro atoms. The van der Waals surface area contributed by atoms with Crippen molar-refractivity contribution < 1.29 is 14.6 Å². The summed E-state index contributed by atoms with van der Waals surface area (Å²) in [5.41, 5.74) is 0. The zero-order valence-corrected chi connectivity index (χ0v) is 8.13. The molecule has 1 aliphatic heterocycles. The van der Waals surface area contributed by atoms with Crippen LogP contribution < -0.4 is 0 Å². The lowest BCUT2D eigenvalue weighted by Crippen LogP contribution is -2.27. The summed E-state index contributed by atoms with van der Waals surface area (Å²) in [4.78, 5) is 10.1. The van der Waals surface area contributed by atoms with Crippen molar-refractivity contribution in [2.45, 2.75) is 17.0 Å². The van der Waals surface area contributed by atoms with E-state index in [4.69, 9.17) is 4.74 Å². The molecule has 0 aliphatic carbocycles. The maximum Gasteiger partial charge on any atom is 0.322 e. The highest BCUT2D eigenvalue weighted by Crippen LogP contribution is 2.23. The summed E-state index contributed by atoms with van der Waals surface area (Å²) >= 11 is 6.12. The quantitative estimate of drug-likeness (QED) is 0.557. The minimum atomic E-state index is -0.730. The highest BCUT2D eigenvalue weighted by atomic mass is 79.9. The first kappa shape index (κ1) is 8.49. The third-order valence-corrected chi connectivity index (χ3v) is 2.88. The Labute approximate surface area is 75.0 Å². The molecule has 0 bridgehead atoms. The summed E-state index contributed by atoms with van der Waals surface area (Å²) in [6.45, 7) is 0. The van der Waals surface area contributed by atoms with Gasteiger partial charge in [0.2, 0.25) is 0 Å². The SMILES string of the molecule is O=C1OC(CBr)C(O)C1Br. The minimum absolute atomic E-state index is 0.392. The van der Waals surface area contributed by atoms with Crippen LogP contribution in [0.2, 0.25) is 0 Å². The summed E-state index contributed by atoms with van der Waals surface area (Å²) in [7, 11) is 0. The number of carbonyl (C=O) groups excluding carboxylic acids is 1. The van der Waals surface area contributed by atoms with Gasteiger partial charge in [0.1, 0.15) is 17.0 Å². The molecule has 0 aromatic heterocycles. The van der Waals surface area contributed by atoms with Crippen molar-refractivity contribution in [1.29, 1.82) is 0 Å². The number of aliphatic hydroxyl groups excluding tert-OH is 1. The molecule has 1 saturated heterocycles. The Morgan fingerprint density at radius 3 is 2.50 bits per heavy atom. The predicted molar refractivity (Wildman–Crippen MR) is 42.4 cm³/mol. The van der Waals surface area contributed by atoms with E-state index < -0.39 is 23.0 Å². The van der Waals surface area contributed by atoms with Crippen LogP contribution in [0.15, 0.2) is 0 Å². The van der Waals surface area contributed by atoms with Crippen molar-refractivity contribution in [3.63, 3.8) is 0 Å². The fourth-order valence-corrected chi connectivity index (χ4v) is 1.70. The molecule has 1 fully saturated rings. The molecule has 0 saturated carbocycles. The highest BCUT2D eigenvalue weighted by molar-refractivity contribution is 9.10. The maximum absolute atomic E-state index is 10.7. The molecule has 1 N–H and O–H groups in total. The third-order valence-electron chi connectivity index (χ3n) is 1.33. The molecule has 5 heteroatoms. The Bertz CT molecular complexity index is 150. The summed E-state index contributed by atoms with van der Waals surface area (Å²) in [5, 5.41) is 9.68. The average molecular weight is 274 g/mol. The van der Waals surface area contributed by atoms with Gasteiger partial charge in [0.15, 0.2) is 0 Å². The lowest BCUT2D eigenvalue weighted by Gasteiger charge is -2.08. The first-order valence-corrected chi connectivity index (χ1v) is 4.79.